The lowest BCUT2D eigenvalue weighted by molar-refractivity contribution is -0.134. The van der Waals surface area contributed by atoms with E-state index in [0.717, 1.165) is 39.8 Å². The lowest BCUT2D eigenvalue weighted by atomic mass is 9.78. The number of phenolic OH excluding ortho intramolecular Hbond substituents is 2. The van der Waals surface area contributed by atoms with Crippen LogP contribution in [0.25, 0.3) is 5.76 Å². The van der Waals surface area contributed by atoms with Gasteiger partial charge in [0, 0.05) is 58.4 Å². The van der Waals surface area contributed by atoms with E-state index in [-0.39, 0.29) is 73.8 Å². The average molecular weight is 769 g/mol. The fraction of sp³-hybridized carbons (Fsp3) is 0.200. The maximum atomic E-state index is 14.8. The molecule has 0 saturated carbocycles. The van der Waals surface area contributed by atoms with Crippen LogP contribution in [0.2, 0.25) is 0 Å². The van der Waals surface area contributed by atoms with Crippen LogP contribution >= 0.6 is 0 Å². The van der Waals surface area contributed by atoms with Gasteiger partial charge in [-0.2, -0.15) is 0 Å². The van der Waals surface area contributed by atoms with E-state index in [1.807, 2.05) is 0 Å². The number of ether oxygens (including phenoxy) is 7. The number of Topliss-reactive ketones (excluding diaryl/α,β-unsaturated/α-hetero) is 1. The predicted molar refractivity (Wildman–Crippen MR) is 190 cm³/mol. The van der Waals surface area contributed by atoms with Crippen molar-refractivity contribution in [2.75, 3.05) is 0 Å². The van der Waals surface area contributed by atoms with Gasteiger partial charge < -0.3 is 48.5 Å². The van der Waals surface area contributed by atoms with Crippen molar-refractivity contribution in [1.29, 1.82) is 0 Å². The first kappa shape index (κ1) is 38.5. The number of aliphatic hydroxyl groups is 1. The standard InChI is InChI=1S/C40H32O16/c1-17(41)50-24-9-6-22(7-10-24)39-37(38(49)35-26(46)13-25(51-18(2)42)14-32(35)56-39)36-33(54-21(5)45)16-28(48)34-27(47)15-30(55-40(34)36)23-8-11-29(52-19(3)43)31(12-23)53-20(4)44/h6-16,27,37,39,46-48H,1-5H3/t27?,37-,39+/m0/s1. The van der Waals surface area contributed by atoms with Crippen molar-refractivity contribution in [2.45, 2.75) is 52.7 Å². The highest BCUT2D eigenvalue weighted by Crippen LogP contribution is 2.56. The average Bonchev–Trinajstić information content (AvgIpc) is 3.08. The zero-order valence-corrected chi connectivity index (χ0v) is 30.2. The number of hydrogen-bond donors (Lipinski definition) is 3. The SMILES string of the molecule is CC(=O)Oc1ccc([C@H]2Oc3cc(OC(C)=O)cc(O)c3C(=O)[C@@H]2c2c(OC(C)=O)cc(O)c3c2OC(c2ccc(OC(C)=O)c(OC(C)=O)c2)=CC3O)cc1. The van der Waals surface area contributed by atoms with Crippen molar-refractivity contribution in [1.82, 2.24) is 0 Å². The van der Waals surface area contributed by atoms with Crippen molar-refractivity contribution in [3.8, 4) is 51.7 Å². The Morgan fingerprint density at radius 3 is 1.84 bits per heavy atom. The molecular formula is C40H32O16. The smallest absolute Gasteiger partial charge is 0.308 e. The van der Waals surface area contributed by atoms with Crippen molar-refractivity contribution in [2.24, 2.45) is 0 Å². The fourth-order valence-electron chi connectivity index (χ4n) is 6.32. The molecule has 0 bridgehead atoms. The Balaban J connectivity index is 1.58. The molecule has 0 spiro atoms. The van der Waals surface area contributed by atoms with Crippen LogP contribution in [0.3, 0.4) is 0 Å². The maximum Gasteiger partial charge on any atom is 0.308 e. The lowest BCUT2D eigenvalue weighted by Gasteiger charge is -2.36. The van der Waals surface area contributed by atoms with Crippen LogP contribution in [0, 0.1) is 0 Å². The number of ketones is 1. The largest absolute Gasteiger partial charge is 0.507 e. The maximum absolute atomic E-state index is 14.8. The van der Waals surface area contributed by atoms with Gasteiger partial charge in [0.2, 0.25) is 0 Å². The summed E-state index contributed by atoms with van der Waals surface area (Å²) >= 11 is 0. The molecule has 4 aromatic carbocycles. The molecule has 56 heavy (non-hydrogen) atoms. The third kappa shape index (κ3) is 7.85. The lowest BCUT2D eigenvalue weighted by Crippen LogP contribution is -2.31. The van der Waals surface area contributed by atoms with E-state index in [2.05, 4.69) is 0 Å². The summed E-state index contributed by atoms with van der Waals surface area (Å²) < 4.78 is 39.0. The Kier molecular flexibility index (Phi) is 10.5. The molecule has 6 rings (SSSR count). The molecule has 3 atom stereocenters. The zero-order valence-electron chi connectivity index (χ0n) is 30.2. The molecule has 0 fully saturated rings. The van der Waals surface area contributed by atoms with Crippen LogP contribution in [0.4, 0.5) is 0 Å². The van der Waals surface area contributed by atoms with Gasteiger partial charge in [0.15, 0.2) is 17.3 Å². The molecule has 0 radical (unpaired) electrons. The normalized spacial score (nSPS) is 16.8. The van der Waals surface area contributed by atoms with Gasteiger partial charge in [-0.1, -0.05) is 12.1 Å². The summed E-state index contributed by atoms with van der Waals surface area (Å²) in [7, 11) is 0. The van der Waals surface area contributed by atoms with Crippen LogP contribution in [0.15, 0.2) is 66.7 Å². The van der Waals surface area contributed by atoms with Gasteiger partial charge in [-0.3, -0.25) is 28.8 Å². The summed E-state index contributed by atoms with van der Waals surface area (Å²) in [6.07, 6.45) is -1.78. The molecule has 2 heterocycles. The first-order chi connectivity index (χ1) is 26.5. The molecule has 0 aromatic heterocycles. The molecule has 2 aliphatic heterocycles. The molecule has 288 valence electrons. The van der Waals surface area contributed by atoms with Gasteiger partial charge in [-0.15, -0.1) is 0 Å². The number of aromatic hydroxyl groups is 2. The highest BCUT2D eigenvalue weighted by molar-refractivity contribution is 6.08. The molecule has 16 nitrogen and oxygen atoms in total. The molecule has 0 saturated heterocycles. The summed E-state index contributed by atoms with van der Waals surface area (Å²) in [6, 6.07) is 13.1. The molecule has 3 N–H and O–H groups in total. The van der Waals surface area contributed by atoms with Crippen LogP contribution in [-0.4, -0.2) is 50.9 Å². The molecule has 0 aliphatic carbocycles. The van der Waals surface area contributed by atoms with Gasteiger partial charge >= 0.3 is 29.8 Å². The van der Waals surface area contributed by atoms with Crippen LogP contribution in [-0.2, 0) is 24.0 Å². The van der Waals surface area contributed by atoms with Crippen LogP contribution in [0.1, 0.15) is 85.4 Å². The third-order valence-corrected chi connectivity index (χ3v) is 8.29. The molecular weight excluding hydrogens is 736 g/mol. The predicted octanol–water partition coefficient (Wildman–Crippen LogP) is 5.29. The highest BCUT2D eigenvalue weighted by Gasteiger charge is 2.46. The zero-order chi connectivity index (χ0) is 40.6. The third-order valence-electron chi connectivity index (χ3n) is 8.29. The van der Waals surface area contributed by atoms with Crippen molar-refractivity contribution in [3.63, 3.8) is 0 Å². The van der Waals surface area contributed by atoms with E-state index in [1.165, 1.54) is 61.5 Å². The summed E-state index contributed by atoms with van der Waals surface area (Å²) in [5, 5.41) is 33.9. The molecule has 1 unspecified atom stereocenters. The number of benzene rings is 4. The Bertz CT molecular complexity index is 2360. The van der Waals surface area contributed by atoms with E-state index in [1.54, 1.807) is 0 Å². The number of carbonyl (C=O) groups excluding carboxylic acids is 6. The van der Waals surface area contributed by atoms with Crippen LogP contribution < -0.4 is 33.2 Å². The molecule has 16 heteroatoms. The summed E-state index contributed by atoms with van der Waals surface area (Å²) in [4.78, 5) is 74.4. The molecule has 4 aromatic rings. The van der Waals surface area contributed by atoms with Gasteiger partial charge in [0.05, 0.1) is 17.0 Å². The monoisotopic (exact) mass is 768 g/mol. The number of carbonyl (C=O) groups is 6. The second-order valence-electron chi connectivity index (χ2n) is 12.5. The number of hydrogen-bond acceptors (Lipinski definition) is 16. The van der Waals surface area contributed by atoms with E-state index in [4.69, 9.17) is 33.2 Å². The van der Waals surface area contributed by atoms with E-state index < -0.39 is 65.3 Å². The Hall–Kier alpha value is -7.20. The second-order valence-corrected chi connectivity index (χ2v) is 12.5. The fourth-order valence-corrected chi connectivity index (χ4v) is 6.32. The first-order valence-electron chi connectivity index (χ1n) is 16.7. The van der Waals surface area contributed by atoms with Crippen molar-refractivity contribution in [3.05, 3.63) is 94.6 Å². The Labute approximate surface area is 317 Å². The minimum Gasteiger partial charge on any atom is -0.507 e. The van der Waals surface area contributed by atoms with E-state index in [0.29, 0.717) is 0 Å². The quantitative estimate of drug-likeness (QED) is 0.153. The van der Waals surface area contributed by atoms with Crippen molar-refractivity contribution >= 4 is 41.4 Å². The molecule has 2 aliphatic rings. The van der Waals surface area contributed by atoms with Gasteiger partial charge in [0.25, 0.3) is 0 Å². The number of rotatable bonds is 8. The second kappa shape index (κ2) is 15.3. The first-order valence-corrected chi connectivity index (χ1v) is 16.7. The number of esters is 5. The van der Waals surface area contributed by atoms with Gasteiger partial charge in [-0.05, 0) is 42.0 Å². The number of fused-ring (bicyclic) bond motifs is 2. The summed E-state index contributed by atoms with van der Waals surface area (Å²) in [6.45, 7) is 5.70. The summed E-state index contributed by atoms with van der Waals surface area (Å²) in [5.74, 6) is -8.52. The summed E-state index contributed by atoms with van der Waals surface area (Å²) in [5.41, 5.74) is -0.350. The highest BCUT2D eigenvalue weighted by atomic mass is 16.6. The minimum atomic E-state index is -1.63. The van der Waals surface area contributed by atoms with Gasteiger partial charge in [-0.25, -0.2) is 0 Å². The topological polar surface area (TPSA) is 228 Å². The van der Waals surface area contributed by atoms with Gasteiger partial charge in [0.1, 0.15) is 63.8 Å². The van der Waals surface area contributed by atoms with Crippen LogP contribution in [0.5, 0.6) is 51.7 Å². The van der Waals surface area contributed by atoms with Crippen molar-refractivity contribution < 1.29 is 77.2 Å². The van der Waals surface area contributed by atoms with E-state index in [9.17, 15) is 44.1 Å². The Morgan fingerprint density at radius 1 is 0.625 bits per heavy atom. The van der Waals surface area contributed by atoms with E-state index >= 15 is 0 Å². The Morgan fingerprint density at radius 2 is 1.21 bits per heavy atom. The number of aliphatic hydroxyl groups excluding tert-OH is 1. The molecule has 0 amide bonds. The number of phenols is 2. The minimum absolute atomic E-state index is 0.103.